The largest absolute Gasteiger partial charge is 0.497 e. The smallest absolute Gasteiger partial charge is 0.272 e. The van der Waals surface area contributed by atoms with Gasteiger partial charge in [0.25, 0.3) is 11.6 Å². The summed E-state index contributed by atoms with van der Waals surface area (Å²) in [6, 6.07) is 20.6. The Morgan fingerprint density at radius 3 is 2.21 bits per heavy atom. The molecule has 3 aromatic carbocycles. The second kappa shape index (κ2) is 11.5. The maximum Gasteiger partial charge on any atom is 0.272 e. The van der Waals surface area contributed by atoms with Gasteiger partial charge in [-0.2, -0.15) is 5.10 Å². The molecule has 10 nitrogen and oxygen atoms in total. The molecule has 10 heteroatoms. The number of hydrogen-bond acceptors (Lipinski definition) is 7. The van der Waals surface area contributed by atoms with E-state index in [2.05, 4.69) is 5.10 Å². The van der Waals surface area contributed by atoms with Crippen molar-refractivity contribution in [2.75, 3.05) is 34.9 Å². The van der Waals surface area contributed by atoms with Crippen molar-refractivity contribution in [1.82, 2.24) is 14.7 Å². The van der Waals surface area contributed by atoms with Gasteiger partial charge in [-0.1, -0.05) is 6.07 Å². The maximum absolute atomic E-state index is 13.6. The van der Waals surface area contributed by atoms with Crippen molar-refractivity contribution in [1.29, 1.82) is 0 Å². The molecule has 0 spiro atoms. The summed E-state index contributed by atoms with van der Waals surface area (Å²) in [6.07, 6.45) is 0.597. The summed E-state index contributed by atoms with van der Waals surface area (Å²) in [6.45, 7) is 0.442. The Kier molecular flexibility index (Phi) is 7.91. The van der Waals surface area contributed by atoms with Gasteiger partial charge in [-0.3, -0.25) is 14.9 Å². The Morgan fingerprint density at radius 1 is 0.921 bits per heavy atom. The van der Waals surface area contributed by atoms with Gasteiger partial charge in [0.15, 0.2) is 11.5 Å². The van der Waals surface area contributed by atoms with E-state index < -0.39 is 4.92 Å². The second-order valence-corrected chi connectivity index (χ2v) is 8.49. The van der Waals surface area contributed by atoms with Crippen LogP contribution in [-0.2, 0) is 6.42 Å². The van der Waals surface area contributed by atoms with Crippen LogP contribution in [0.5, 0.6) is 17.2 Å². The van der Waals surface area contributed by atoms with E-state index in [1.54, 1.807) is 51.5 Å². The van der Waals surface area contributed by atoms with Crippen molar-refractivity contribution in [3.63, 3.8) is 0 Å². The van der Waals surface area contributed by atoms with Gasteiger partial charge < -0.3 is 19.1 Å². The van der Waals surface area contributed by atoms with Crippen LogP contribution < -0.4 is 14.2 Å². The van der Waals surface area contributed by atoms with E-state index >= 15 is 0 Å². The Labute approximate surface area is 220 Å². The molecule has 1 amide bonds. The maximum atomic E-state index is 13.6. The van der Waals surface area contributed by atoms with Gasteiger partial charge in [0.05, 0.1) is 37.6 Å². The third-order valence-corrected chi connectivity index (χ3v) is 6.15. The lowest BCUT2D eigenvalue weighted by atomic mass is 10.1. The summed E-state index contributed by atoms with van der Waals surface area (Å²) < 4.78 is 17.4. The van der Waals surface area contributed by atoms with E-state index in [4.69, 9.17) is 14.2 Å². The number of aromatic nitrogens is 2. The molecule has 0 N–H and O–H groups in total. The van der Waals surface area contributed by atoms with Crippen LogP contribution in [0.15, 0.2) is 72.8 Å². The minimum atomic E-state index is -0.469. The Balaban J connectivity index is 1.63. The van der Waals surface area contributed by atoms with Gasteiger partial charge >= 0.3 is 0 Å². The van der Waals surface area contributed by atoms with Gasteiger partial charge in [0.1, 0.15) is 11.4 Å². The SMILES string of the molecule is COc1ccc(-c2cc(C(=O)N(C)CCc3ccc(OC)c(OC)c3)n(-c3ccc([N+](=O)[O-])cc3)n2)cc1. The van der Waals surface area contributed by atoms with E-state index in [-0.39, 0.29) is 11.6 Å². The average Bonchev–Trinajstić information content (AvgIpc) is 3.40. The van der Waals surface area contributed by atoms with E-state index in [9.17, 15) is 14.9 Å². The van der Waals surface area contributed by atoms with Crippen molar-refractivity contribution in [2.24, 2.45) is 0 Å². The number of nitro benzene ring substituents is 1. The molecule has 0 radical (unpaired) electrons. The lowest BCUT2D eigenvalue weighted by Gasteiger charge is -2.18. The molecule has 0 aliphatic heterocycles. The predicted octanol–water partition coefficient (Wildman–Crippen LogP) is 4.79. The molecule has 0 saturated carbocycles. The Morgan fingerprint density at radius 2 is 1.61 bits per heavy atom. The van der Waals surface area contributed by atoms with Gasteiger partial charge in [-0.05, 0) is 66.6 Å². The molecule has 196 valence electrons. The summed E-state index contributed by atoms with van der Waals surface area (Å²) in [5, 5.41) is 15.8. The number of carbonyl (C=O) groups excluding carboxylic acids is 1. The minimum absolute atomic E-state index is 0.0452. The highest BCUT2D eigenvalue weighted by Crippen LogP contribution is 2.28. The van der Waals surface area contributed by atoms with Crippen molar-refractivity contribution >= 4 is 11.6 Å². The lowest BCUT2D eigenvalue weighted by molar-refractivity contribution is -0.384. The quantitative estimate of drug-likeness (QED) is 0.220. The van der Waals surface area contributed by atoms with E-state index in [1.165, 1.54) is 16.8 Å². The Hall–Kier alpha value is -4.86. The molecular formula is C28H28N4O6. The molecule has 1 aromatic heterocycles. The summed E-state index contributed by atoms with van der Waals surface area (Å²) in [5.41, 5.74) is 3.20. The van der Waals surface area contributed by atoms with Crippen molar-refractivity contribution in [2.45, 2.75) is 6.42 Å². The van der Waals surface area contributed by atoms with Crippen molar-refractivity contribution < 1.29 is 23.9 Å². The summed E-state index contributed by atoms with van der Waals surface area (Å²) in [7, 11) is 6.48. The van der Waals surface area contributed by atoms with Crippen molar-refractivity contribution in [3.05, 3.63) is 94.2 Å². The number of nitro groups is 1. The van der Waals surface area contributed by atoms with Gasteiger partial charge in [-0.15, -0.1) is 0 Å². The zero-order valence-corrected chi connectivity index (χ0v) is 21.6. The zero-order valence-electron chi connectivity index (χ0n) is 21.6. The highest BCUT2D eigenvalue weighted by Gasteiger charge is 2.21. The molecule has 0 saturated heterocycles. The molecular weight excluding hydrogens is 488 g/mol. The number of benzene rings is 3. The van der Waals surface area contributed by atoms with Crippen LogP contribution >= 0.6 is 0 Å². The fourth-order valence-corrected chi connectivity index (χ4v) is 3.98. The number of rotatable bonds is 10. The van der Waals surface area contributed by atoms with Crippen LogP contribution in [-0.4, -0.2) is 60.4 Å². The van der Waals surface area contributed by atoms with Crippen molar-refractivity contribution in [3.8, 4) is 34.2 Å². The molecule has 0 aliphatic rings. The standard InChI is InChI=1S/C28H28N4O6/c1-30(16-15-19-5-14-26(37-3)27(17-19)38-4)28(33)25-18-24(20-6-12-23(36-2)13-7-20)29-31(25)21-8-10-22(11-9-21)32(34)35/h5-14,17-18H,15-16H2,1-4H3. The molecule has 38 heavy (non-hydrogen) atoms. The van der Waals surface area contributed by atoms with E-state index in [1.807, 2.05) is 42.5 Å². The highest BCUT2D eigenvalue weighted by molar-refractivity contribution is 5.94. The molecule has 0 fully saturated rings. The first-order chi connectivity index (χ1) is 18.3. The predicted molar refractivity (Wildman–Crippen MR) is 142 cm³/mol. The number of likely N-dealkylation sites (N-methyl/N-ethyl adjacent to an activating group) is 1. The summed E-state index contributed by atoms with van der Waals surface area (Å²) in [5.74, 6) is 1.73. The third-order valence-electron chi connectivity index (χ3n) is 6.15. The third kappa shape index (κ3) is 5.59. The molecule has 1 heterocycles. The number of nitrogens with zero attached hydrogens (tertiary/aromatic N) is 4. The van der Waals surface area contributed by atoms with Gasteiger partial charge in [0, 0.05) is 31.3 Å². The lowest BCUT2D eigenvalue weighted by Crippen LogP contribution is -2.30. The first-order valence-corrected chi connectivity index (χ1v) is 11.8. The van der Waals surface area contributed by atoms with Crippen LogP contribution in [0.1, 0.15) is 16.1 Å². The molecule has 4 aromatic rings. The first kappa shape index (κ1) is 26.2. The van der Waals surface area contributed by atoms with Gasteiger partial charge in [-0.25, -0.2) is 4.68 Å². The van der Waals surface area contributed by atoms with Crippen LogP contribution in [0.4, 0.5) is 5.69 Å². The fourth-order valence-electron chi connectivity index (χ4n) is 3.98. The normalized spacial score (nSPS) is 10.6. The molecule has 0 unspecified atom stereocenters. The monoisotopic (exact) mass is 516 g/mol. The van der Waals surface area contributed by atoms with E-state index in [0.717, 1.165) is 11.1 Å². The highest BCUT2D eigenvalue weighted by atomic mass is 16.6. The van der Waals surface area contributed by atoms with Gasteiger partial charge in [0.2, 0.25) is 0 Å². The van der Waals surface area contributed by atoms with Crippen LogP contribution in [0.3, 0.4) is 0 Å². The first-order valence-electron chi connectivity index (χ1n) is 11.8. The Bertz CT molecular complexity index is 1430. The topological polar surface area (TPSA) is 109 Å². The average molecular weight is 517 g/mol. The van der Waals surface area contributed by atoms with Crippen LogP contribution in [0.2, 0.25) is 0 Å². The number of hydrogen-bond donors (Lipinski definition) is 0. The van der Waals surface area contributed by atoms with Crippen LogP contribution in [0.25, 0.3) is 16.9 Å². The number of non-ortho nitro benzene ring substituents is 1. The second-order valence-electron chi connectivity index (χ2n) is 8.49. The number of amides is 1. The summed E-state index contributed by atoms with van der Waals surface area (Å²) >= 11 is 0. The zero-order chi connectivity index (χ0) is 27.2. The fraction of sp³-hybridized carbons (Fsp3) is 0.214. The van der Waals surface area contributed by atoms with Crippen LogP contribution in [0, 0.1) is 10.1 Å². The summed E-state index contributed by atoms with van der Waals surface area (Å²) in [4.78, 5) is 25.9. The molecule has 0 atom stereocenters. The molecule has 4 rings (SSSR count). The number of ether oxygens (including phenoxy) is 3. The number of carbonyl (C=O) groups is 1. The molecule has 0 bridgehead atoms. The number of methoxy groups -OCH3 is 3. The minimum Gasteiger partial charge on any atom is -0.497 e. The van der Waals surface area contributed by atoms with E-state index in [0.29, 0.717) is 47.3 Å². The molecule has 0 aliphatic carbocycles.